The highest BCUT2D eigenvalue weighted by Crippen LogP contribution is 2.33. The highest BCUT2D eigenvalue weighted by Gasteiger charge is 2.44. The van der Waals surface area contributed by atoms with Crippen LogP contribution >= 0.6 is 11.6 Å². The van der Waals surface area contributed by atoms with Crippen LogP contribution in [0.3, 0.4) is 0 Å². The molecule has 30 heavy (non-hydrogen) atoms. The Kier molecular flexibility index (Phi) is 4.36. The number of aliphatic imine (C=N–C) groups is 1. The zero-order valence-corrected chi connectivity index (χ0v) is 17.7. The maximum Gasteiger partial charge on any atom is 0.294 e. The predicted molar refractivity (Wildman–Crippen MR) is 113 cm³/mol. The highest BCUT2D eigenvalue weighted by molar-refractivity contribution is 6.30. The monoisotopic (exact) mass is 422 g/mol. The number of rotatable bonds is 3. The Hall–Kier alpha value is -3.19. The quantitative estimate of drug-likeness (QED) is 0.610. The molecule has 8 heteroatoms. The predicted octanol–water partition coefficient (Wildman–Crippen LogP) is 2.91. The third-order valence-electron chi connectivity index (χ3n) is 5.58. The molecule has 3 aromatic rings. The van der Waals surface area contributed by atoms with Gasteiger partial charge < -0.3 is 4.74 Å². The van der Waals surface area contributed by atoms with Crippen LogP contribution in [0.2, 0.25) is 5.02 Å². The van der Waals surface area contributed by atoms with Crippen LogP contribution < -0.4 is 14.3 Å². The van der Waals surface area contributed by atoms with Crippen LogP contribution in [0.15, 0.2) is 47.5 Å². The van der Waals surface area contributed by atoms with Crippen molar-refractivity contribution in [2.24, 2.45) is 4.99 Å². The molecule has 1 aromatic heterocycles. The number of ether oxygens (including phenoxy) is 1. The Labute approximate surface area is 179 Å². The molecule has 0 spiro atoms. The standard InChI is InChI=1S/C22H21ClN5O2/c1-4-26-20(29)12-18-22-27(13(2)25-28(22)26)19-10-9-16(30-3)11-17(19)21(24-18)14-5-7-15(23)8-6-14/h5-11,18H,4,12H2,1-3H3/q+1. The fraction of sp³-hybridized carbons (Fsp3) is 0.273. The van der Waals surface area contributed by atoms with Crippen LogP contribution in [-0.2, 0) is 4.79 Å². The lowest BCUT2D eigenvalue weighted by Gasteiger charge is -2.23. The summed E-state index contributed by atoms with van der Waals surface area (Å²) in [6.45, 7) is 4.44. The number of aryl methyl sites for hydroxylation is 1. The van der Waals surface area contributed by atoms with E-state index in [4.69, 9.17) is 21.3 Å². The van der Waals surface area contributed by atoms with Crippen molar-refractivity contribution in [2.45, 2.75) is 26.3 Å². The molecule has 2 aliphatic heterocycles. The minimum Gasteiger partial charge on any atom is -0.497 e. The average Bonchev–Trinajstić information content (AvgIpc) is 3.01. The molecule has 152 valence electrons. The van der Waals surface area contributed by atoms with Gasteiger partial charge in [-0.1, -0.05) is 23.7 Å². The summed E-state index contributed by atoms with van der Waals surface area (Å²) in [7, 11) is 1.65. The first kappa shape index (κ1) is 18.8. The minimum atomic E-state index is -0.342. The van der Waals surface area contributed by atoms with Crippen molar-refractivity contribution in [1.82, 2.24) is 9.89 Å². The van der Waals surface area contributed by atoms with Crippen LogP contribution in [0.1, 0.15) is 42.2 Å². The van der Waals surface area contributed by atoms with Gasteiger partial charge in [0.2, 0.25) is 0 Å². The second-order valence-corrected chi connectivity index (χ2v) is 7.76. The van der Waals surface area contributed by atoms with Gasteiger partial charge in [0, 0.05) is 27.9 Å². The Balaban J connectivity index is 1.83. The fourth-order valence-corrected chi connectivity index (χ4v) is 4.34. The molecule has 5 rings (SSSR count). The first-order valence-electron chi connectivity index (χ1n) is 9.86. The van der Waals surface area contributed by atoms with Gasteiger partial charge in [0.15, 0.2) is 6.04 Å². The van der Waals surface area contributed by atoms with E-state index in [1.807, 2.05) is 56.3 Å². The molecule has 2 aromatic carbocycles. The van der Waals surface area contributed by atoms with Crippen molar-refractivity contribution in [1.29, 1.82) is 0 Å². The van der Waals surface area contributed by atoms with E-state index in [1.54, 1.807) is 16.9 Å². The number of nitrogens with zero attached hydrogens (tertiary/aromatic N) is 5. The van der Waals surface area contributed by atoms with Crippen LogP contribution in [0, 0.1) is 6.92 Å². The summed E-state index contributed by atoms with van der Waals surface area (Å²) in [5.74, 6) is 2.42. The zero-order valence-electron chi connectivity index (χ0n) is 17.0. The number of hydrogen-bond acceptors (Lipinski definition) is 4. The van der Waals surface area contributed by atoms with Gasteiger partial charge in [-0.05, 0) is 37.3 Å². The van der Waals surface area contributed by atoms with E-state index in [1.165, 1.54) is 0 Å². The van der Waals surface area contributed by atoms with Gasteiger partial charge in [0.25, 0.3) is 17.6 Å². The molecule has 1 amide bonds. The van der Waals surface area contributed by atoms with Gasteiger partial charge in [-0.2, -0.15) is 9.58 Å². The Morgan fingerprint density at radius 2 is 2.00 bits per heavy atom. The van der Waals surface area contributed by atoms with Gasteiger partial charge in [-0.3, -0.25) is 9.79 Å². The fourth-order valence-electron chi connectivity index (χ4n) is 4.22. The van der Waals surface area contributed by atoms with E-state index in [9.17, 15) is 4.79 Å². The summed E-state index contributed by atoms with van der Waals surface area (Å²) in [5, 5.41) is 7.00. The van der Waals surface area contributed by atoms with Crippen molar-refractivity contribution >= 4 is 23.2 Å². The molecule has 0 aliphatic carbocycles. The second-order valence-electron chi connectivity index (χ2n) is 7.33. The lowest BCUT2D eigenvalue weighted by molar-refractivity contribution is -0.613. The summed E-state index contributed by atoms with van der Waals surface area (Å²) in [6, 6.07) is 13.2. The summed E-state index contributed by atoms with van der Waals surface area (Å²) in [4.78, 5) is 19.6. The lowest BCUT2D eigenvalue weighted by atomic mass is 10.00. The van der Waals surface area contributed by atoms with Gasteiger partial charge >= 0.3 is 0 Å². The zero-order chi connectivity index (χ0) is 21.0. The maximum absolute atomic E-state index is 12.8. The first-order chi connectivity index (χ1) is 14.5. The number of aromatic nitrogens is 3. The Morgan fingerprint density at radius 3 is 2.70 bits per heavy atom. The SMILES string of the molecule is CCN1C(=O)CC2N=C(c3ccc(Cl)cc3)c3cc(OC)ccc3-[n+]3c(C)nn1c32. The molecule has 0 N–H and O–H groups in total. The van der Waals surface area contributed by atoms with Crippen LogP contribution in [-0.4, -0.2) is 35.2 Å². The molecule has 1 atom stereocenters. The second kappa shape index (κ2) is 6.95. The molecule has 0 saturated heterocycles. The highest BCUT2D eigenvalue weighted by atomic mass is 35.5. The number of hydrogen-bond donors (Lipinski definition) is 0. The van der Waals surface area contributed by atoms with Crippen molar-refractivity contribution in [3.8, 4) is 11.4 Å². The average molecular weight is 423 g/mol. The molecular formula is C22H21ClN5O2+. The summed E-state index contributed by atoms with van der Waals surface area (Å²) < 4.78 is 7.59. The van der Waals surface area contributed by atoms with Gasteiger partial charge in [0.05, 0.1) is 30.9 Å². The number of carbonyl (C=O) groups is 1. The van der Waals surface area contributed by atoms with Crippen LogP contribution in [0.4, 0.5) is 0 Å². The van der Waals surface area contributed by atoms with E-state index >= 15 is 0 Å². The molecular weight excluding hydrogens is 402 g/mol. The van der Waals surface area contributed by atoms with E-state index in [0.29, 0.717) is 18.0 Å². The van der Waals surface area contributed by atoms with Crippen molar-refractivity contribution in [2.75, 3.05) is 18.7 Å². The van der Waals surface area contributed by atoms with E-state index in [2.05, 4.69) is 9.67 Å². The molecule has 0 saturated carbocycles. The number of amides is 1. The smallest absolute Gasteiger partial charge is 0.294 e. The minimum absolute atomic E-state index is 0.00685. The topological polar surface area (TPSA) is 63.6 Å². The third-order valence-corrected chi connectivity index (χ3v) is 5.83. The molecule has 2 aliphatic rings. The lowest BCUT2D eigenvalue weighted by Crippen LogP contribution is -2.50. The van der Waals surface area contributed by atoms with Crippen molar-refractivity contribution in [3.05, 3.63) is 70.3 Å². The van der Waals surface area contributed by atoms with Gasteiger partial charge in [-0.25, -0.2) is 0 Å². The summed E-state index contributed by atoms with van der Waals surface area (Å²) in [5.41, 5.74) is 3.61. The van der Waals surface area contributed by atoms with Gasteiger partial charge in [0.1, 0.15) is 11.4 Å². The van der Waals surface area contributed by atoms with Crippen LogP contribution in [0.25, 0.3) is 5.69 Å². The van der Waals surface area contributed by atoms with E-state index < -0.39 is 0 Å². The molecule has 7 nitrogen and oxygen atoms in total. The van der Waals surface area contributed by atoms with Crippen molar-refractivity contribution in [3.63, 3.8) is 0 Å². The number of halogens is 1. The number of fused-ring (bicyclic) bond motifs is 2. The molecule has 0 radical (unpaired) electrons. The van der Waals surface area contributed by atoms with E-state index in [0.717, 1.165) is 39.9 Å². The Bertz CT molecular complexity index is 1200. The molecule has 1 unspecified atom stereocenters. The van der Waals surface area contributed by atoms with Crippen LogP contribution in [0.5, 0.6) is 5.75 Å². The molecule has 0 fully saturated rings. The molecule has 3 heterocycles. The number of methoxy groups -OCH3 is 1. The van der Waals surface area contributed by atoms with Gasteiger partial charge in [-0.15, -0.1) is 0 Å². The summed E-state index contributed by atoms with van der Waals surface area (Å²) in [6.07, 6.45) is 0.293. The molecule has 0 bridgehead atoms. The first-order valence-corrected chi connectivity index (χ1v) is 10.2. The van der Waals surface area contributed by atoms with Crippen molar-refractivity contribution < 1.29 is 14.1 Å². The Morgan fingerprint density at radius 1 is 1.23 bits per heavy atom. The maximum atomic E-state index is 12.8. The normalized spacial score (nSPS) is 17.2. The number of benzene rings is 2. The van der Waals surface area contributed by atoms with E-state index in [-0.39, 0.29) is 11.9 Å². The number of carbonyl (C=O) groups excluding carboxylic acids is 1. The third kappa shape index (κ3) is 2.73. The largest absolute Gasteiger partial charge is 0.497 e. The summed E-state index contributed by atoms with van der Waals surface area (Å²) >= 11 is 6.12.